The van der Waals surface area contributed by atoms with Crippen LogP contribution in [0.5, 0.6) is 11.5 Å². The number of esters is 1. The third kappa shape index (κ3) is 3.09. The van der Waals surface area contributed by atoms with E-state index >= 15 is 0 Å². The lowest BCUT2D eigenvalue weighted by Crippen LogP contribution is -2.12. The third-order valence-electron chi connectivity index (χ3n) is 2.78. The molecule has 104 valence electrons. The van der Waals surface area contributed by atoms with Crippen LogP contribution in [-0.4, -0.2) is 24.3 Å². The Morgan fingerprint density at radius 1 is 1.15 bits per heavy atom. The maximum atomic E-state index is 11.2. The molecule has 0 aliphatic rings. The molecule has 0 saturated heterocycles. The first kappa shape index (κ1) is 13.9. The van der Waals surface area contributed by atoms with E-state index in [0.29, 0.717) is 11.3 Å². The first-order valence-electron chi connectivity index (χ1n) is 6.25. The second-order valence-electron chi connectivity index (χ2n) is 4.39. The summed E-state index contributed by atoms with van der Waals surface area (Å²) in [4.78, 5) is 11.2. The number of carbonyl (C=O) groups is 1. The van der Waals surface area contributed by atoms with Crippen LogP contribution in [0.3, 0.4) is 0 Å². The van der Waals surface area contributed by atoms with Gasteiger partial charge < -0.3 is 14.6 Å². The van der Waals surface area contributed by atoms with E-state index in [1.807, 2.05) is 24.3 Å². The fraction of sp³-hybridized carbons (Fsp3) is 0.188. The molecule has 0 spiro atoms. The van der Waals surface area contributed by atoms with Crippen LogP contribution in [0.15, 0.2) is 48.6 Å². The summed E-state index contributed by atoms with van der Waals surface area (Å²) in [6.45, 7) is 5.49. The maximum Gasteiger partial charge on any atom is 0.333 e. The lowest BCUT2D eigenvalue weighted by atomic mass is 10.1. The van der Waals surface area contributed by atoms with Crippen molar-refractivity contribution in [2.24, 2.45) is 0 Å². The minimum Gasteiger partial charge on any atom is -0.507 e. The number of rotatable bonds is 5. The van der Waals surface area contributed by atoms with Crippen LogP contribution in [-0.2, 0) is 9.53 Å². The number of benzene rings is 2. The number of phenolic OH excluding ortho intramolecular Hbond substituents is 1. The zero-order chi connectivity index (χ0) is 14.5. The van der Waals surface area contributed by atoms with E-state index in [9.17, 15) is 9.90 Å². The molecule has 1 N–H and O–H groups in total. The molecule has 2 rings (SSSR count). The molecule has 0 heterocycles. The van der Waals surface area contributed by atoms with Crippen LogP contribution in [0, 0.1) is 0 Å². The van der Waals surface area contributed by atoms with E-state index in [1.54, 1.807) is 19.1 Å². The molecule has 0 saturated carbocycles. The predicted molar refractivity (Wildman–Crippen MR) is 76.9 cm³/mol. The van der Waals surface area contributed by atoms with E-state index in [0.717, 1.165) is 10.8 Å². The van der Waals surface area contributed by atoms with Crippen molar-refractivity contribution in [2.75, 3.05) is 13.2 Å². The molecular formula is C16H16O4. The first-order valence-corrected chi connectivity index (χ1v) is 6.25. The minimum absolute atomic E-state index is 0.154. The van der Waals surface area contributed by atoms with Gasteiger partial charge in [-0.2, -0.15) is 0 Å². The van der Waals surface area contributed by atoms with Gasteiger partial charge >= 0.3 is 5.97 Å². The normalized spacial score (nSPS) is 10.2. The molecule has 0 radical (unpaired) electrons. The van der Waals surface area contributed by atoms with Crippen molar-refractivity contribution < 1.29 is 19.4 Å². The fourth-order valence-electron chi connectivity index (χ4n) is 1.79. The largest absolute Gasteiger partial charge is 0.507 e. The SMILES string of the molecule is C=C(C)C(=O)OCCOc1ccc(O)c2ccccc12. The van der Waals surface area contributed by atoms with E-state index < -0.39 is 5.97 Å². The van der Waals surface area contributed by atoms with Gasteiger partial charge in [0, 0.05) is 16.3 Å². The molecule has 0 aromatic heterocycles. The number of aromatic hydroxyl groups is 1. The highest BCUT2D eigenvalue weighted by molar-refractivity contribution is 5.93. The number of hydrogen-bond acceptors (Lipinski definition) is 4. The lowest BCUT2D eigenvalue weighted by molar-refractivity contribution is -0.139. The van der Waals surface area contributed by atoms with Crippen molar-refractivity contribution in [2.45, 2.75) is 6.92 Å². The second-order valence-corrected chi connectivity index (χ2v) is 4.39. The van der Waals surface area contributed by atoms with E-state index in [4.69, 9.17) is 9.47 Å². The molecule has 0 aliphatic heterocycles. The van der Waals surface area contributed by atoms with Gasteiger partial charge in [-0.1, -0.05) is 30.8 Å². The Balaban J connectivity index is 2.02. The van der Waals surface area contributed by atoms with Crippen LogP contribution < -0.4 is 4.74 Å². The van der Waals surface area contributed by atoms with Crippen molar-refractivity contribution in [3.63, 3.8) is 0 Å². The monoisotopic (exact) mass is 272 g/mol. The van der Waals surface area contributed by atoms with E-state index in [1.165, 1.54) is 0 Å². The molecule has 0 fully saturated rings. The highest BCUT2D eigenvalue weighted by atomic mass is 16.6. The topological polar surface area (TPSA) is 55.8 Å². The van der Waals surface area contributed by atoms with Crippen LogP contribution in [0.25, 0.3) is 10.8 Å². The van der Waals surface area contributed by atoms with Crippen molar-refractivity contribution >= 4 is 16.7 Å². The van der Waals surface area contributed by atoms with Gasteiger partial charge in [0.05, 0.1) is 0 Å². The Hall–Kier alpha value is -2.49. The summed E-state index contributed by atoms with van der Waals surface area (Å²) in [5.41, 5.74) is 0.361. The van der Waals surface area contributed by atoms with Crippen LogP contribution >= 0.6 is 0 Å². The number of fused-ring (bicyclic) bond motifs is 1. The predicted octanol–water partition coefficient (Wildman–Crippen LogP) is 3.04. The van der Waals surface area contributed by atoms with Gasteiger partial charge in [0.1, 0.15) is 24.7 Å². The van der Waals surface area contributed by atoms with E-state index in [-0.39, 0.29) is 19.0 Å². The van der Waals surface area contributed by atoms with Gasteiger partial charge in [0.15, 0.2) is 0 Å². The Bertz CT molecular complexity index is 646. The summed E-state index contributed by atoms with van der Waals surface area (Å²) >= 11 is 0. The summed E-state index contributed by atoms with van der Waals surface area (Å²) < 4.78 is 10.5. The molecular weight excluding hydrogens is 256 g/mol. The Labute approximate surface area is 117 Å². The Morgan fingerprint density at radius 2 is 1.85 bits per heavy atom. The summed E-state index contributed by atoms with van der Waals surface area (Å²) in [5.74, 6) is 0.426. The van der Waals surface area contributed by atoms with Gasteiger partial charge in [0.25, 0.3) is 0 Å². The summed E-state index contributed by atoms with van der Waals surface area (Å²) in [6.07, 6.45) is 0. The zero-order valence-corrected chi connectivity index (χ0v) is 11.3. The van der Waals surface area contributed by atoms with Crippen molar-refractivity contribution in [3.05, 3.63) is 48.6 Å². The number of phenols is 1. The summed E-state index contributed by atoms with van der Waals surface area (Å²) in [5, 5.41) is 11.3. The molecule has 0 amide bonds. The van der Waals surface area contributed by atoms with Crippen LogP contribution in [0.2, 0.25) is 0 Å². The lowest BCUT2D eigenvalue weighted by Gasteiger charge is -2.10. The number of hydrogen-bond donors (Lipinski definition) is 1. The highest BCUT2D eigenvalue weighted by Gasteiger charge is 2.06. The number of carbonyl (C=O) groups excluding carboxylic acids is 1. The fourth-order valence-corrected chi connectivity index (χ4v) is 1.79. The van der Waals surface area contributed by atoms with Crippen molar-refractivity contribution in [3.8, 4) is 11.5 Å². The first-order chi connectivity index (χ1) is 9.59. The van der Waals surface area contributed by atoms with Gasteiger partial charge in [0.2, 0.25) is 0 Å². The third-order valence-corrected chi connectivity index (χ3v) is 2.78. The van der Waals surface area contributed by atoms with Crippen molar-refractivity contribution in [1.82, 2.24) is 0 Å². The van der Waals surface area contributed by atoms with Gasteiger partial charge in [-0.15, -0.1) is 0 Å². The second kappa shape index (κ2) is 6.10. The Morgan fingerprint density at radius 3 is 2.55 bits per heavy atom. The minimum atomic E-state index is -0.427. The average Bonchev–Trinajstić information content (AvgIpc) is 2.45. The number of ether oxygens (including phenoxy) is 2. The maximum absolute atomic E-state index is 11.2. The van der Waals surface area contributed by atoms with Gasteiger partial charge in [-0.3, -0.25) is 0 Å². The van der Waals surface area contributed by atoms with E-state index in [2.05, 4.69) is 6.58 Å². The summed E-state index contributed by atoms with van der Waals surface area (Å²) in [7, 11) is 0. The standard InChI is InChI=1S/C16H16O4/c1-11(2)16(18)20-10-9-19-15-8-7-14(17)12-5-3-4-6-13(12)15/h3-8,17H,1,9-10H2,2H3. The summed E-state index contributed by atoms with van der Waals surface area (Å²) in [6, 6.07) is 10.7. The van der Waals surface area contributed by atoms with Crippen LogP contribution in [0.1, 0.15) is 6.92 Å². The average molecular weight is 272 g/mol. The molecule has 0 unspecified atom stereocenters. The molecule has 2 aromatic carbocycles. The molecule has 0 atom stereocenters. The molecule has 4 heteroatoms. The van der Waals surface area contributed by atoms with Gasteiger partial charge in [-0.05, 0) is 19.1 Å². The molecule has 20 heavy (non-hydrogen) atoms. The quantitative estimate of drug-likeness (QED) is 0.516. The zero-order valence-electron chi connectivity index (χ0n) is 11.3. The Kier molecular flexibility index (Phi) is 4.25. The van der Waals surface area contributed by atoms with Crippen LogP contribution in [0.4, 0.5) is 0 Å². The molecule has 2 aromatic rings. The van der Waals surface area contributed by atoms with Crippen molar-refractivity contribution in [1.29, 1.82) is 0 Å². The smallest absolute Gasteiger partial charge is 0.333 e. The molecule has 0 bridgehead atoms. The highest BCUT2D eigenvalue weighted by Crippen LogP contribution is 2.31. The molecule has 4 nitrogen and oxygen atoms in total. The molecule has 0 aliphatic carbocycles. The van der Waals surface area contributed by atoms with Gasteiger partial charge in [-0.25, -0.2) is 4.79 Å².